The standard InChI is InChI=1S/C18H30N2O/c1-12-7-19-8-14(12)20-15(21)18-6-13-4-16(2,10-18)9-17(3,5-13)11-18/h12-14,19H,4-11H2,1-3H3,(H,20,21). The first-order valence-corrected chi connectivity index (χ1v) is 8.83. The van der Waals surface area contributed by atoms with Gasteiger partial charge in [-0.2, -0.15) is 0 Å². The highest BCUT2D eigenvalue weighted by molar-refractivity contribution is 5.83. The zero-order valence-electron chi connectivity index (χ0n) is 13.8. The molecule has 3 heteroatoms. The van der Waals surface area contributed by atoms with E-state index in [1.54, 1.807) is 0 Å². The Labute approximate surface area is 128 Å². The lowest BCUT2D eigenvalue weighted by molar-refractivity contribution is -0.170. The van der Waals surface area contributed by atoms with Crippen molar-refractivity contribution in [1.29, 1.82) is 0 Å². The second kappa shape index (κ2) is 4.24. The van der Waals surface area contributed by atoms with Crippen molar-refractivity contribution in [2.45, 2.75) is 65.3 Å². The summed E-state index contributed by atoms with van der Waals surface area (Å²) in [7, 11) is 0. The molecule has 1 amide bonds. The van der Waals surface area contributed by atoms with Gasteiger partial charge in [-0.3, -0.25) is 4.79 Å². The van der Waals surface area contributed by atoms with Gasteiger partial charge in [-0.1, -0.05) is 20.8 Å². The highest BCUT2D eigenvalue weighted by Crippen LogP contribution is 2.69. The number of hydrogen-bond acceptors (Lipinski definition) is 2. The van der Waals surface area contributed by atoms with E-state index in [1.165, 1.54) is 19.3 Å². The van der Waals surface area contributed by atoms with Crippen molar-refractivity contribution >= 4 is 5.91 Å². The van der Waals surface area contributed by atoms with Crippen LogP contribution in [0.2, 0.25) is 0 Å². The van der Waals surface area contributed by atoms with Crippen LogP contribution in [-0.2, 0) is 4.79 Å². The smallest absolute Gasteiger partial charge is 0.226 e. The number of nitrogens with one attached hydrogen (secondary N) is 2. The minimum absolute atomic E-state index is 0.0504. The van der Waals surface area contributed by atoms with Crippen molar-refractivity contribution in [2.75, 3.05) is 13.1 Å². The van der Waals surface area contributed by atoms with Gasteiger partial charge in [0.2, 0.25) is 5.91 Å². The molecular weight excluding hydrogens is 260 g/mol. The molecule has 4 unspecified atom stereocenters. The summed E-state index contributed by atoms with van der Waals surface area (Å²) in [6.45, 7) is 9.11. The Morgan fingerprint density at radius 2 is 1.71 bits per heavy atom. The summed E-state index contributed by atoms with van der Waals surface area (Å²) in [4.78, 5) is 13.1. The van der Waals surface area contributed by atoms with E-state index in [0.717, 1.165) is 38.3 Å². The molecule has 4 aliphatic carbocycles. The summed E-state index contributed by atoms with van der Waals surface area (Å²) < 4.78 is 0. The Hall–Kier alpha value is -0.570. The Balaban J connectivity index is 1.57. The summed E-state index contributed by atoms with van der Waals surface area (Å²) in [5.74, 6) is 1.74. The molecule has 4 atom stereocenters. The Morgan fingerprint density at radius 3 is 2.24 bits per heavy atom. The molecule has 21 heavy (non-hydrogen) atoms. The lowest BCUT2D eigenvalue weighted by Gasteiger charge is -2.64. The summed E-state index contributed by atoms with van der Waals surface area (Å²) in [5.41, 5.74) is 0.793. The molecule has 118 valence electrons. The van der Waals surface area contributed by atoms with Gasteiger partial charge in [0.15, 0.2) is 0 Å². The predicted molar refractivity (Wildman–Crippen MR) is 83.8 cm³/mol. The molecule has 0 aromatic carbocycles. The van der Waals surface area contributed by atoms with Crippen molar-refractivity contribution in [1.82, 2.24) is 10.6 Å². The molecule has 0 spiro atoms. The first-order chi connectivity index (χ1) is 9.82. The summed E-state index contributed by atoms with van der Waals surface area (Å²) in [6.07, 6.45) is 7.47. The normalized spacial score (nSPS) is 54.9. The molecule has 1 saturated heterocycles. The van der Waals surface area contributed by atoms with E-state index >= 15 is 0 Å². The SMILES string of the molecule is CC1CNCC1NC(=O)C12CC3CC(C)(CC(C)(C3)C1)C2. The van der Waals surface area contributed by atoms with Gasteiger partial charge in [0, 0.05) is 12.6 Å². The Morgan fingerprint density at radius 1 is 1.05 bits per heavy atom. The molecule has 3 nitrogen and oxygen atoms in total. The van der Waals surface area contributed by atoms with E-state index < -0.39 is 0 Å². The van der Waals surface area contributed by atoms with Crippen molar-refractivity contribution in [3.63, 3.8) is 0 Å². The highest BCUT2D eigenvalue weighted by atomic mass is 16.2. The van der Waals surface area contributed by atoms with Gasteiger partial charge in [0.05, 0.1) is 5.41 Å². The van der Waals surface area contributed by atoms with Crippen LogP contribution in [0.4, 0.5) is 0 Å². The Bertz CT molecular complexity index is 456. The first-order valence-electron chi connectivity index (χ1n) is 8.83. The topological polar surface area (TPSA) is 41.1 Å². The number of carbonyl (C=O) groups is 1. The van der Waals surface area contributed by atoms with Crippen molar-refractivity contribution in [2.24, 2.45) is 28.1 Å². The number of carbonyl (C=O) groups excluding carboxylic acids is 1. The summed E-state index contributed by atoms with van der Waals surface area (Å²) in [6, 6.07) is 0.339. The fourth-order valence-corrected chi connectivity index (χ4v) is 7.03. The number of amides is 1. The molecule has 1 heterocycles. The van der Waals surface area contributed by atoms with Gasteiger partial charge in [-0.05, 0) is 67.7 Å². The molecule has 1 aliphatic heterocycles. The maximum atomic E-state index is 13.1. The van der Waals surface area contributed by atoms with Gasteiger partial charge in [-0.15, -0.1) is 0 Å². The minimum Gasteiger partial charge on any atom is -0.351 e. The van der Waals surface area contributed by atoms with Crippen LogP contribution in [0.3, 0.4) is 0 Å². The first kappa shape index (κ1) is 14.0. The predicted octanol–water partition coefficient (Wildman–Crippen LogP) is 2.71. The molecule has 4 bridgehead atoms. The van der Waals surface area contributed by atoms with E-state index in [9.17, 15) is 4.79 Å². The van der Waals surface area contributed by atoms with Crippen LogP contribution in [0.5, 0.6) is 0 Å². The molecule has 0 radical (unpaired) electrons. The van der Waals surface area contributed by atoms with Crippen LogP contribution in [0.25, 0.3) is 0 Å². The molecule has 5 rings (SSSR count). The van der Waals surface area contributed by atoms with Crippen molar-refractivity contribution < 1.29 is 4.79 Å². The molecule has 0 aromatic heterocycles. The number of hydrogen-bond donors (Lipinski definition) is 2. The van der Waals surface area contributed by atoms with E-state index in [-0.39, 0.29) is 5.41 Å². The maximum absolute atomic E-state index is 13.1. The van der Waals surface area contributed by atoms with E-state index in [0.29, 0.717) is 28.7 Å². The summed E-state index contributed by atoms with van der Waals surface area (Å²) >= 11 is 0. The average molecular weight is 290 g/mol. The van der Waals surface area contributed by atoms with Crippen LogP contribution in [0.1, 0.15) is 59.3 Å². The minimum atomic E-state index is -0.0504. The molecule has 0 aromatic rings. The van der Waals surface area contributed by atoms with Crippen LogP contribution >= 0.6 is 0 Å². The fraction of sp³-hybridized carbons (Fsp3) is 0.944. The van der Waals surface area contributed by atoms with Crippen molar-refractivity contribution in [3.05, 3.63) is 0 Å². The van der Waals surface area contributed by atoms with Crippen LogP contribution in [-0.4, -0.2) is 25.0 Å². The quantitative estimate of drug-likeness (QED) is 0.821. The van der Waals surface area contributed by atoms with Crippen molar-refractivity contribution in [3.8, 4) is 0 Å². The monoisotopic (exact) mass is 290 g/mol. The second-order valence-electron chi connectivity index (χ2n) is 9.63. The molecule has 5 fully saturated rings. The Kier molecular flexibility index (Phi) is 2.84. The van der Waals surface area contributed by atoms with Crippen LogP contribution in [0.15, 0.2) is 0 Å². The molecule has 4 saturated carbocycles. The van der Waals surface area contributed by atoms with Gasteiger partial charge >= 0.3 is 0 Å². The second-order valence-corrected chi connectivity index (χ2v) is 9.63. The summed E-state index contributed by atoms with van der Waals surface area (Å²) in [5, 5.41) is 6.82. The third-order valence-electron chi connectivity index (χ3n) is 6.94. The van der Waals surface area contributed by atoms with Gasteiger partial charge in [-0.25, -0.2) is 0 Å². The third-order valence-corrected chi connectivity index (χ3v) is 6.94. The van der Waals surface area contributed by atoms with Gasteiger partial charge in [0.25, 0.3) is 0 Å². The van der Waals surface area contributed by atoms with E-state index in [1.807, 2.05) is 0 Å². The lowest BCUT2D eigenvalue weighted by atomic mass is 9.40. The maximum Gasteiger partial charge on any atom is 0.226 e. The van der Waals surface area contributed by atoms with E-state index in [2.05, 4.69) is 31.4 Å². The largest absolute Gasteiger partial charge is 0.351 e. The third kappa shape index (κ3) is 2.15. The van der Waals surface area contributed by atoms with Gasteiger partial charge < -0.3 is 10.6 Å². The highest BCUT2D eigenvalue weighted by Gasteiger charge is 2.62. The molecule has 2 N–H and O–H groups in total. The van der Waals surface area contributed by atoms with E-state index in [4.69, 9.17) is 0 Å². The fourth-order valence-electron chi connectivity index (χ4n) is 7.03. The molecular formula is C18H30N2O. The molecule has 5 aliphatic rings. The zero-order chi connectivity index (χ0) is 14.9. The van der Waals surface area contributed by atoms with Crippen LogP contribution in [0, 0.1) is 28.1 Å². The van der Waals surface area contributed by atoms with Crippen LogP contribution < -0.4 is 10.6 Å². The number of rotatable bonds is 2. The zero-order valence-corrected chi connectivity index (χ0v) is 13.8. The van der Waals surface area contributed by atoms with Gasteiger partial charge in [0.1, 0.15) is 0 Å². The average Bonchev–Trinajstić information content (AvgIpc) is 2.70. The lowest BCUT2D eigenvalue weighted by Crippen LogP contribution is -2.61.